The van der Waals surface area contributed by atoms with E-state index in [1.807, 2.05) is 24.3 Å². The van der Waals surface area contributed by atoms with Gasteiger partial charge in [-0.2, -0.15) is 0 Å². The van der Waals surface area contributed by atoms with Crippen LogP contribution in [0, 0.1) is 46.5 Å². The number of hydrogen-bond acceptors (Lipinski definition) is 10. The Kier molecular flexibility index (Phi) is 16.1. The Balaban J connectivity index is 0.985. The Labute approximate surface area is 584 Å². The van der Waals surface area contributed by atoms with E-state index >= 15 is 0 Å². The van der Waals surface area contributed by atoms with Gasteiger partial charge in [0.05, 0.1) is 22.8 Å². The molecule has 0 spiro atoms. The molecular formula is C84H46F8N4O8. The molecule has 0 amide bonds. The van der Waals surface area contributed by atoms with Crippen LogP contribution in [0.3, 0.4) is 0 Å². The van der Waals surface area contributed by atoms with Crippen molar-refractivity contribution in [2.45, 2.75) is 0 Å². The van der Waals surface area contributed by atoms with Gasteiger partial charge in [0.15, 0.2) is 46.0 Å². The molecule has 12 nitrogen and oxygen atoms in total. The number of nitrogens with zero attached hydrogens (tertiary/aromatic N) is 2. The summed E-state index contributed by atoms with van der Waals surface area (Å²) in [5.74, 6) is -0.922. The molecule has 0 unspecified atom stereocenters. The normalized spacial score (nSPS) is 11.5. The first-order valence-electron chi connectivity index (χ1n) is 32.2. The van der Waals surface area contributed by atoms with Crippen LogP contribution >= 0.6 is 0 Å². The maximum atomic E-state index is 14.5. The predicted molar refractivity (Wildman–Crippen MR) is 377 cm³/mol. The monoisotopic (exact) mass is 1390 g/mol. The number of nitrogens with one attached hydrogen (secondary N) is 2. The van der Waals surface area contributed by atoms with Gasteiger partial charge in [0.25, 0.3) is 0 Å². The summed E-state index contributed by atoms with van der Waals surface area (Å²) in [6, 6.07) is 64.2. The van der Waals surface area contributed by atoms with Crippen molar-refractivity contribution in [1.29, 1.82) is 0 Å². The second-order valence-corrected chi connectivity index (χ2v) is 24.1. The number of rotatable bonds is 16. The second-order valence-electron chi connectivity index (χ2n) is 24.1. The lowest BCUT2D eigenvalue weighted by Crippen LogP contribution is -1.93. The topological polar surface area (TPSA) is 131 Å². The third kappa shape index (κ3) is 13.1. The molecule has 0 aliphatic carbocycles. The molecule has 3 aromatic heterocycles. The first-order valence-corrected chi connectivity index (χ1v) is 32.2. The molecule has 506 valence electrons. The summed E-state index contributed by atoms with van der Waals surface area (Å²) in [6.45, 7) is 0. The van der Waals surface area contributed by atoms with Gasteiger partial charge in [-0.15, -0.1) is 0 Å². The number of hydrogen-bond donors (Lipinski definition) is 2. The van der Waals surface area contributed by atoms with Gasteiger partial charge >= 0.3 is 0 Å². The molecule has 104 heavy (non-hydrogen) atoms. The molecule has 2 aliphatic heterocycles. The number of H-pyrrole nitrogens is 2. The molecule has 17 rings (SSSR count). The average Bonchev–Trinajstić information content (AvgIpc) is 1.59. The third-order valence-corrected chi connectivity index (χ3v) is 17.1. The van der Waals surface area contributed by atoms with Crippen LogP contribution in [-0.2, 0) is 0 Å². The average molecular weight is 1390 g/mol. The quantitative estimate of drug-likeness (QED) is 0.0902. The molecule has 12 aromatic carbocycles. The fourth-order valence-corrected chi connectivity index (χ4v) is 12.2. The van der Waals surface area contributed by atoms with Crippen LogP contribution in [0.2, 0.25) is 0 Å². The van der Waals surface area contributed by atoms with E-state index in [9.17, 15) is 35.1 Å². The number of ether oxygens (including phenoxy) is 8. The van der Waals surface area contributed by atoms with E-state index in [0.29, 0.717) is 88.6 Å². The van der Waals surface area contributed by atoms with E-state index in [1.165, 1.54) is 194 Å². The highest BCUT2D eigenvalue weighted by Crippen LogP contribution is 2.51. The fraction of sp³-hybridized carbons (Fsp3) is 0. The summed E-state index contributed by atoms with van der Waals surface area (Å²) < 4.78 is 169. The van der Waals surface area contributed by atoms with Gasteiger partial charge in [-0.3, -0.25) is 0 Å². The summed E-state index contributed by atoms with van der Waals surface area (Å²) in [6.07, 6.45) is 0. The molecule has 8 bridgehead atoms. The highest BCUT2D eigenvalue weighted by atomic mass is 19.2. The van der Waals surface area contributed by atoms with E-state index in [4.69, 9.17) is 47.9 Å². The Morgan fingerprint density at radius 3 is 0.481 bits per heavy atom. The van der Waals surface area contributed by atoms with E-state index < -0.39 is 46.5 Å². The number of fused-ring (bicyclic) bond motifs is 20. The van der Waals surface area contributed by atoms with Gasteiger partial charge < -0.3 is 47.9 Å². The van der Waals surface area contributed by atoms with Crippen molar-refractivity contribution in [1.82, 2.24) is 19.9 Å². The third-order valence-electron chi connectivity index (χ3n) is 17.1. The predicted octanol–water partition coefficient (Wildman–Crippen LogP) is 24.7. The van der Waals surface area contributed by atoms with Crippen LogP contribution < -0.4 is 37.9 Å². The minimum absolute atomic E-state index is 0.146. The summed E-state index contributed by atoms with van der Waals surface area (Å²) in [5, 5.41) is 2.09. The van der Waals surface area contributed by atoms with Crippen LogP contribution in [0.25, 0.3) is 88.6 Å². The summed E-state index contributed by atoms with van der Waals surface area (Å²) in [5.41, 5.74) is 5.16. The molecule has 2 aliphatic rings. The Morgan fingerprint density at radius 1 is 0.183 bits per heavy atom. The minimum Gasteiger partial charge on any atom is -0.453 e. The molecule has 2 N–H and O–H groups in total. The SMILES string of the molecule is Fc1ccc(Oc2cc3c(cc2Oc2ccc(F)cc2)-c2cc4[nH]c(cc5nc(cc6[nH]c(cc-3n2)c2cc(Oc3ccc(F)cc3)c(Oc3ccc(F)cc3)cc62)-c2cc(Oc3ccc(F)cc3)c(Oc3ccc(F)cc3)cc2-5)c2cc(Oc3ccc(F)cc3)c(Oc3ccc(F)cc3)cc42)cc1. The summed E-state index contributed by atoms with van der Waals surface area (Å²) >= 11 is 0. The zero-order valence-electron chi connectivity index (χ0n) is 53.6. The van der Waals surface area contributed by atoms with Crippen LogP contribution in [0.5, 0.6) is 92.0 Å². The second kappa shape index (κ2) is 26.3. The van der Waals surface area contributed by atoms with E-state index in [1.54, 1.807) is 48.5 Å². The summed E-state index contributed by atoms with van der Waals surface area (Å²) in [7, 11) is 0. The Bertz CT molecular complexity index is 5310. The highest BCUT2D eigenvalue weighted by Gasteiger charge is 2.28. The molecular weight excluding hydrogens is 1340 g/mol. The fourth-order valence-electron chi connectivity index (χ4n) is 12.2. The first kappa shape index (κ1) is 63.6. The molecule has 20 heteroatoms. The van der Waals surface area contributed by atoms with Crippen molar-refractivity contribution >= 4 is 43.6 Å². The number of aromatic amines is 2. The van der Waals surface area contributed by atoms with Crippen LogP contribution in [-0.4, -0.2) is 19.9 Å². The highest BCUT2D eigenvalue weighted by molar-refractivity contribution is 6.12. The number of halogens is 8. The lowest BCUT2D eigenvalue weighted by molar-refractivity contribution is 0.418. The molecule has 0 fully saturated rings. The maximum absolute atomic E-state index is 14.5. The molecule has 15 aromatic rings. The van der Waals surface area contributed by atoms with Crippen molar-refractivity contribution in [2.24, 2.45) is 0 Å². The van der Waals surface area contributed by atoms with Gasteiger partial charge in [-0.05, 0) is 267 Å². The first-order chi connectivity index (χ1) is 50.6. The zero-order chi connectivity index (χ0) is 70.7. The van der Waals surface area contributed by atoms with E-state index in [-0.39, 0.29) is 92.0 Å². The van der Waals surface area contributed by atoms with Crippen molar-refractivity contribution in [3.8, 4) is 137 Å². The van der Waals surface area contributed by atoms with Gasteiger partial charge in [-0.25, -0.2) is 45.1 Å². The van der Waals surface area contributed by atoms with E-state index in [0.717, 1.165) is 0 Å². The van der Waals surface area contributed by atoms with Crippen molar-refractivity contribution in [2.75, 3.05) is 0 Å². The Morgan fingerprint density at radius 2 is 0.327 bits per heavy atom. The lowest BCUT2D eigenvalue weighted by Gasteiger charge is -2.15. The van der Waals surface area contributed by atoms with E-state index in [2.05, 4.69) is 9.97 Å². The number of aromatic nitrogens is 4. The van der Waals surface area contributed by atoms with Crippen LogP contribution in [0.1, 0.15) is 0 Å². The van der Waals surface area contributed by atoms with Crippen LogP contribution in [0.4, 0.5) is 35.1 Å². The van der Waals surface area contributed by atoms with Gasteiger partial charge in [-0.1, -0.05) is 0 Å². The van der Waals surface area contributed by atoms with Crippen LogP contribution in [0.15, 0.2) is 267 Å². The summed E-state index contributed by atoms with van der Waals surface area (Å²) in [4.78, 5) is 18.2. The lowest BCUT2D eigenvalue weighted by atomic mass is 10.0. The number of benzene rings is 12. The molecule has 0 saturated heterocycles. The molecule has 0 radical (unpaired) electrons. The Hall–Kier alpha value is -13.9. The van der Waals surface area contributed by atoms with Gasteiger partial charge in [0, 0.05) is 65.9 Å². The van der Waals surface area contributed by atoms with Crippen molar-refractivity contribution in [3.63, 3.8) is 0 Å². The minimum atomic E-state index is -0.507. The molecule has 0 saturated carbocycles. The standard InChI is InChI=1S/C84H46F8N4O8/c85-45-1-17-53(18-2-45)97-77-33-61-62(34-78(77)98-54-19-3-46(86)4-20-54)70-42-72-65-37-81(101-57-25-9-49(89)10-26-57)82(102-58-27-11-50(90)12-28-58)38-66(65)74(95-72)44-76-68-40-84(104-60-31-15-52(92)16-32-60)83(103-59-29-13-51(91)14-30-59)39-67(68)75(96-76)43-73-64-36-80(100-56-23-7-48(88)8-24-56)79(99-55-21-5-47(87)6-22-55)35-63(64)71(94-73)41-69(61)93-70/h1-44,93,96H. The maximum Gasteiger partial charge on any atom is 0.170 e. The van der Waals surface area contributed by atoms with Crippen molar-refractivity contribution < 1.29 is 73.0 Å². The van der Waals surface area contributed by atoms with Gasteiger partial charge in [0.1, 0.15) is 92.5 Å². The smallest absolute Gasteiger partial charge is 0.170 e. The molecule has 0 atom stereocenters. The largest absolute Gasteiger partial charge is 0.453 e. The zero-order valence-corrected chi connectivity index (χ0v) is 53.6. The molecule has 5 heterocycles. The van der Waals surface area contributed by atoms with Gasteiger partial charge in [0.2, 0.25) is 0 Å². The van der Waals surface area contributed by atoms with Crippen molar-refractivity contribution in [3.05, 3.63) is 313 Å².